The smallest absolute Gasteiger partial charge is 0.408 e. The van der Waals surface area contributed by atoms with Gasteiger partial charge in [-0.05, 0) is 58.9 Å². The first-order valence-electron chi connectivity index (χ1n) is 17.9. The lowest BCUT2D eigenvalue weighted by atomic mass is 9.54. The van der Waals surface area contributed by atoms with Crippen LogP contribution in [0.15, 0.2) is 60.7 Å². The topological polar surface area (TPSA) is 207 Å². The normalized spacial score (nSPS) is 32.4. The Morgan fingerprint density at radius 3 is 1.84 bits per heavy atom. The van der Waals surface area contributed by atoms with Gasteiger partial charge in [-0.1, -0.05) is 36.4 Å². The molecule has 17 heteroatoms. The molecule has 4 heterocycles. The van der Waals surface area contributed by atoms with Crippen molar-refractivity contribution in [3.05, 3.63) is 71.8 Å². The summed E-state index contributed by atoms with van der Waals surface area (Å²) < 4.78 is 61.2. The number of ether oxygens (including phenoxy) is 10. The molecule has 9 atom stereocenters. The predicted octanol–water partition coefficient (Wildman–Crippen LogP) is 3.36. The van der Waals surface area contributed by atoms with Crippen LogP contribution in [0.1, 0.15) is 76.1 Å². The third kappa shape index (κ3) is 7.55. The van der Waals surface area contributed by atoms with E-state index in [9.17, 15) is 28.8 Å². The van der Waals surface area contributed by atoms with Gasteiger partial charge in [0.1, 0.15) is 30.0 Å². The number of amides is 1. The van der Waals surface area contributed by atoms with E-state index < -0.39 is 107 Å². The van der Waals surface area contributed by atoms with Gasteiger partial charge in [-0.25, -0.2) is 14.4 Å². The molecule has 4 saturated heterocycles. The number of benzene rings is 2. The molecule has 7 rings (SSSR count). The van der Waals surface area contributed by atoms with Gasteiger partial charge in [-0.15, -0.1) is 0 Å². The third-order valence-corrected chi connectivity index (χ3v) is 9.67. The predicted molar refractivity (Wildman–Crippen MR) is 187 cm³/mol. The van der Waals surface area contributed by atoms with Crippen molar-refractivity contribution < 1.29 is 76.1 Å². The number of nitrogens with one attached hydrogen (secondary N) is 1. The molecule has 0 unspecified atom stereocenters. The molecule has 1 N–H and O–H groups in total. The number of alkyl carbamates (subject to hydrolysis) is 1. The van der Waals surface area contributed by atoms with Gasteiger partial charge < -0.3 is 52.7 Å². The van der Waals surface area contributed by atoms with Crippen molar-refractivity contribution in [1.82, 2.24) is 5.32 Å². The fraction of sp³-hybridized carbons (Fsp3) is 0.538. The molecule has 5 fully saturated rings. The summed E-state index contributed by atoms with van der Waals surface area (Å²) in [4.78, 5) is 81.1. The van der Waals surface area contributed by atoms with E-state index in [1.807, 2.05) is 0 Å². The van der Waals surface area contributed by atoms with Gasteiger partial charge in [0.25, 0.3) is 0 Å². The Morgan fingerprint density at radius 1 is 0.750 bits per heavy atom. The first-order valence-corrected chi connectivity index (χ1v) is 17.9. The summed E-state index contributed by atoms with van der Waals surface area (Å²) in [5, 5.41) is 2.82. The maximum atomic E-state index is 14.1. The van der Waals surface area contributed by atoms with Crippen LogP contribution in [0.4, 0.5) is 4.79 Å². The van der Waals surface area contributed by atoms with Crippen molar-refractivity contribution in [3.8, 4) is 0 Å². The van der Waals surface area contributed by atoms with E-state index in [2.05, 4.69) is 5.32 Å². The zero-order valence-electron chi connectivity index (χ0n) is 32.2. The van der Waals surface area contributed by atoms with Crippen molar-refractivity contribution in [2.24, 2.45) is 5.92 Å². The maximum absolute atomic E-state index is 14.1. The highest BCUT2D eigenvalue weighted by molar-refractivity contribution is 5.90. The molecule has 302 valence electrons. The van der Waals surface area contributed by atoms with Gasteiger partial charge in [0, 0.05) is 26.7 Å². The second-order valence-corrected chi connectivity index (χ2v) is 15.4. The Bertz CT molecular complexity index is 1860. The van der Waals surface area contributed by atoms with Gasteiger partial charge in [-0.2, -0.15) is 0 Å². The summed E-state index contributed by atoms with van der Waals surface area (Å²) in [6.07, 6.45) is -9.43. The first-order chi connectivity index (χ1) is 26.2. The quantitative estimate of drug-likeness (QED) is 0.271. The standard InChI is InChI=1S/C39H45NO16/c1-21(41)49-30-29-37(51-23(3)43,20-47-31(44)24-15-11-9-12-16-24)28-27(26-19-48-36(7,8)52-26)38(30,40-34(46)56-35(4,5)6)33(50-22(2)42)39(53-28,54-29)55-32(45)25-17-13-10-14-18-25/h9-18,26-30,33H,19-20H2,1-8H3,(H,40,46)/t26-,27-,28-,29+,30-,33+,37+,38-,39+/m1/s1. The van der Waals surface area contributed by atoms with Crippen molar-refractivity contribution in [2.45, 2.75) is 114 Å². The Balaban J connectivity index is 1.63. The lowest BCUT2D eigenvalue weighted by molar-refractivity contribution is -0.542. The average Bonchev–Trinajstić information content (AvgIpc) is 3.46. The van der Waals surface area contributed by atoms with Gasteiger partial charge >= 0.3 is 41.9 Å². The van der Waals surface area contributed by atoms with Crippen LogP contribution in [-0.4, -0.2) is 108 Å². The Hall–Kier alpha value is -5.10. The van der Waals surface area contributed by atoms with Crippen LogP contribution >= 0.6 is 0 Å². The Labute approximate surface area is 322 Å². The van der Waals surface area contributed by atoms with E-state index in [1.54, 1.807) is 71.0 Å². The monoisotopic (exact) mass is 783 g/mol. The fourth-order valence-electron chi connectivity index (χ4n) is 7.92. The molecule has 0 radical (unpaired) electrons. The van der Waals surface area contributed by atoms with Crippen molar-refractivity contribution in [1.29, 1.82) is 0 Å². The molecule has 0 spiro atoms. The van der Waals surface area contributed by atoms with Gasteiger partial charge in [0.2, 0.25) is 11.7 Å². The van der Waals surface area contributed by atoms with Crippen LogP contribution < -0.4 is 5.32 Å². The van der Waals surface area contributed by atoms with Crippen LogP contribution in [0.5, 0.6) is 0 Å². The Morgan fingerprint density at radius 2 is 1.32 bits per heavy atom. The average molecular weight is 784 g/mol. The summed E-state index contributed by atoms with van der Waals surface area (Å²) in [6.45, 7) is 10.3. The molecular formula is C39H45NO16. The van der Waals surface area contributed by atoms with Crippen molar-refractivity contribution in [3.63, 3.8) is 0 Å². The number of esters is 5. The summed E-state index contributed by atoms with van der Waals surface area (Å²) in [7, 11) is 0. The lowest BCUT2D eigenvalue weighted by Gasteiger charge is -2.71. The molecule has 1 amide bonds. The minimum absolute atomic E-state index is 0.0246. The van der Waals surface area contributed by atoms with Crippen LogP contribution in [0.25, 0.3) is 0 Å². The van der Waals surface area contributed by atoms with Gasteiger partial charge in [0.15, 0.2) is 11.9 Å². The number of hydrogen-bond donors (Lipinski definition) is 1. The van der Waals surface area contributed by atoms with E-state index in [-0.39, 0.29) is 17.7 Å². The number of hydrogen-bond acceptors (Lipinski definition) is 16. The van der Waals surface area contributed by atoms with E-state index >= 15 is 0 Å². The first kappa shape index (κ1) is 40.6. The zero-order valence-corrected chi connectivity index (χ0v) is 32.2. The lowest BCUT2D eigenvalue weighted by Crippen LogP contribution is -2.96. The minimum atomic E-state index is -2.75. The molecule has 17 nitrogen and oxygen atoms in total. The summed E-state index contributed by atoms with van der Waals surface area (Å²) in [5.41, 5.74) is -5.41. The van der Waals surface area contributed by atoms with E-state index in [0.717, 1.165) is 20.8 Å². The SMILES string of the molecule is CC(=O)O[C@@H]1[C@@H]2O[C@@]3(OC(=O)c4ccccc4)O[C@H]([C@@H]([C@H]4COC(C)(C)O4)[C@]1(NC(=O)OC(C)(C)C)[C@@H]3OC(C)=O)[C@]2(COC(=O)c1ccccc1)OC(C)=O. The molecule has 5 aliphatic rings. The van der Waals surface area contributed by atoms with E-state index in [4.69, 9.17) is 47.4 Å². The molecular weight excluding hydrogens is 738 g/mol. The number of rotatable bonds is 10. The number of carbonyl (C=O) groups excluding carboxylic acids is 6. The highest BCUT2D eigenvalue weighted by Gasteiger charge is 2.88. The summed E-state index contributed by atoms with van der Waals surface area (Å²) in [6, 6.07) is 15.6. The second-order valence-electron chi connectivity index (χ2n) is 15.4. The molecule has 2 aromatic rings. The van der Waals surface area contributed by atoms with E-state index in [1.165, 1.54) is 24.3 Å². The van der Waals surface area contributed by atoms with Crippen LogP contribution in [0, 0.1) is 5.92 Å². The molecule has 0 aromatic heterocycles. The van der Waals surface area contributed by atoms with Crippen LogP contribution in [-0.2, 0) is 61.8 Å². The molecule has 4 aliphatic heterocycles. The van der Waals surface area contributed by atoms with Gasteiger partial charge in [0.05, 0.1) is 23.8 Å². The van der Waals surface area contributed by atoms with Crippen molar-refractivity contribution >= 4 is 35.9 Å². The zero-order chi connectivity index (χ0) is 40.8. The molecule has 1 saturated carbocycles. The highest BCUT2D eigenvalue weighted by Crippen LogP contribution is 2.63. The molecule has 1 aliphatic carbocycles. The largest absolute Gasteiger partial charge is 0.458 e. The fourth-order valence-corrected chi connectivity index (χ4v) is 7.92. The number of carbonyl (C=O) groups is 6. The maximum Gasteiger partial charge on any atom is 0.408 e. The van der Waals surface area contributed by atoms with Crippen LogP contribution in [0.3, 0.4) is 0 Å². The third-order valence-electron chi connectivity index (χ3n) is 9.67. The van der Waals surface area contributed by atoms with E-state index in [0.29, 0.717) is 0 Å². The Kier molecular flexibility index (Phi) is 10.7. The molecule has 2 aromatic carbocycles. The van der Waals surface area contributed by atoms with Crippen molar-refractivity contribution in [2.75, 3.05) is 13.2 Å². The second kappa shape index (κ2) is 14.8. The molecule has 56 heavy (non-hydrogen) atoms. The van der Waals surface area contributed by atoms with Crippen LogP contribution in [0.2, 0.25) is 0 Å². The summed E-state index contributed by atoms with van der Waals surface area (Å²) >= 11 is 0. The highest BCUT2D eigenvalue weighted by atomic mass is 16.9. The summed E-state index contributed by atoms with van der Waals surface area (Å²) in [5.74, 6) is -10.1. The van der Waals surface area contributed by atoms with Gasteiger partial charge in [-0.3, -0.25) is 14.4 Å². The molecule has 4 bridgehead atoms. The minimum Gasteiger partial charge on any atom is -0.458 e.